The van der Waals surface area contributed by atoms with Crippen molar-refractivity contribution in [2.24, 2.45) is 0 Å². The second-order valence-electron chi connectivity index (χ2n) is 6.83. The van der Waals surface area contributed by atoms with Crippen LogP contribution in [-0.4, -0.2) is 36.8 Å². The van der Waals surface area contributed by atoms with Gasteiger partial charge in [-0.15, -0.1) is 11.8 Å². The van der Waals surface area contributed by atoms with Crippen LogP contribution in [0.25, 0.3) is 0 Å². The highest BCUT2D eigenvalue weighted by Crippen LogP contribution is 2.35. The molecule has 0 radical (unpaired) electrons. The van der Waals surface area contributed by atoms with Crippen LogP contribution in [0.4, 0.5) is 11.4 Å². The minimum atomic E-state index is -0.208. The molecule has 0 unspecified atom stereocenters. The summed E-state index contributed by atoms with van der Waals surface area (Å²) in [7, 11) is 0. The van der Waals surface area contributed by atoms with Gasteiger partial charge in [0.1, 0.15) is 0 Å². The molecule has 0 saturated carbocycles. The van der Waals surface area contributed by atoms with Crippen molar-refractivity contribution >= 4 is 35.0 Å². The molecule has 2 aromatic rings. The predicted molar refractivity (Wildman–Crippen MR) is 109 cm³/mol. The number of carbonyl (C=O) groups is 2. The molecular weight excluding hydrogens is 376 g/mol. The molecule has 2 aliphatic rings. The Balaban J connectivity index is 1.50. The molecule has 2 aromatic carbocycles. The Bertz CT molecular complexity index is 902. The van der Waals surface area contributed by atoms with Crippen molar-refractivity contribution in [2.75, 3.05) is 29.2 Å². The first-order chi connectivity index (χ1) is 13.6. The number of nitrogens with one attached hydrogen (secondary N) is 1. The van der Waals surface area contributed by atoms with E-state index in [9.17, 15) is 9.59 Å². The molecule has 0 fully saturated rings. The van der Waals surface area contributed by atoms with Gasteiger partial charge in [0.25, 0.3) is 0 Å². The Hall–Kier alpha value is -2.67. The number of ether oxygens (including phenoxy) is 2. The lowest BCUT2D eigenvalue weighted by Gasteiger charge is -2.27. The number of thioether (sulfide) groups is 1. The number of fused-ring (bicyclic) bond motifs is 2. The topological polar surface area (TPSA) is 67.9 Å². The van der Waals surface area contributed by atoms with Crippen LogP contribution in [0.2, 0.25) is 0 Å². The molecule has 0 aromatic heterocycles. The van der Waals surface area contributed by atoms with E-state index < -0.39 is 0 Å². The molecule has 1 N–H and O–H groups in total. The van der Waals surface area contributed by atoms with Crippen molar-refractivity contribution in [3.8, 4) is 11.5 Å². The summed E-state index contributed by atoms with van der Waals surface area (Å²) in [4.78, 5) is 27.8. The maximum atomic E-state index is 13.1. The van der Waals surface area contributed by atoms with Gasteiger partial charge in [0, 0.05) is 23.8 Å². The summed E-state index contributed by atoms with van der Waals surface area (Å²) in [6, 6.07) is 13.0. The maximum absolute atomic E-state index is 13.1. The smallest absolute Gasteiger partial charge is 0.237 e. The van der Waals surface area contributed by atoms with E-state index in [1.165, 1.54) is 11.8 Å². The molecular formula is C21H22N2O4S. The molecule has 6 nitrogen and oxygen atoms in total. The molecule has 1 atom stereocenters. The Morgan fingerprint density at radius 2 is 1.96 bits per heavy atom. The lowest BCUT2D eigenvalue weighted by atomic mass is 10.2. The fourth-order valence-corrected chi connectivity index (χ4v) is 4.20. The molecule has 2 aliphatic heterocycles. The van der Waals surface area contributed by atoms with E-state index in [0.717, 1.165) is 28.5 Å². The number of anilines is 2. The molecule has 28 heavy (non-hydrogen) atoms. The van der Waals surface area contributed by atoms with Gasteiger partial charge in [0.15, 0.2) is 11.5 Å². The average Bonchev–Trinajstić information content (AvgIpc) is 2.99. The standard InChI is InChI=1S/C21H22N2O4S/c1-14-11-20(24)22-16-5-2-3-6-17(16)23(14)21(25)13-28-15-7-8-18-19(12-15)27-10-4-9-26-18/h2-3,5-8,12,14H,4,9-11,13H2,1H3,(H,22,24)/t14-/m0/s1. The normalized spacial score (nSPS) is 18.5. The fourth-order valence-electron chi connectivity index (χ4n) is 3.42. The first-order valence-electron chi connectivity index (χ1n) is 9.35. The van der Waals surface area contributed by atoms with Gasteiger partial charge in [-0.05, 0) is 37.3 Å². The van der Waals surface area contributed by atoms with E-state index in [-0.39, 0.29) is 30.0 Å². The number of hydrogen-bond donors (Lipinski definition) is 1. The van der Waals surface area contributed by atoms with E-state index in [2.05, 4.69) is 5.32 Å². The highest BCUT2D eigenvalue weighted by Gasteiger charge is 2.29. The van der Waals surface area contributed by atoms with Gasteiger partial charge in [-0.25, -0.2) is 0 Å². The van der Waals surface area contributed by atoms with Gasteiger partial charge in [-0.2, -0.15) is 0 Å². The van der Waals surface area contributed by atoms with Gasteiger partial charge in [0.05, 0.1) is 30.3 Å². The van der Waals surface area contributed by atoms with Crippen molar-refractivity contribution in [2.45, 2.75) is 30.7 Å². The summed E-state index contributed by atoms with van der Waals surface area (Å²) in [5.74, 6) is 1.62. The second-order valence-corrected chi connectivity index (χ2v) is 7.88. The maximum Gasteiger partial charge on any atom is 0.237 e. The van der Waals surface area contributed by atoms with E-state index in [0.29, 0.717) is 18.9 Å². The number of nitrogens with zero attached hydrogens (tertiary/aromatic N) is 1. The lowest BCUT2D eigenvalue weighted by Crippen LogP contribution is -2.40. The monoisotopic (exact) mass is 398 g/mol. The molecule has 146 valence electrons. The fraction of sp³-hybridized carbons (Fsp3) is 0.333. The van der Waals surface area contributed by atoms with Crippen LogP contribution in [0, 0.1) is 0 Å². The summed E-state index contributed by atoms with van der Waals surface area (Å²) in [5, 5.41) is 2.88. The van der Waals surface area contributed by atoms with Crippen LogP contribution >= 0.6 is 11.8 Å². The lowest BCUT2D eigenvalue weighted by molar-refractivity contribution is -0.117. The van der Waals surface area contributed by atoms with Crippen molar-refractivity contribution in [3.63, 3.8) is 0 Å². The Labute approximate surface area is 168 Å². The molecule has 2 amide bonds. The zero-order valence-corrected chi connectivity index (χ0v) is 16.5. The molecule has 4 rings (SSSR count). The Kier molecular flexibility index (Phi) is 5.43. The SMILES string of the molecule is C[C@H]1CC(=O)Nc2ccccc2N1C(=O)CSc1ccc2c(c1)OCCCO2. The van der Waals surface area contributed by atoms with Crippen LogP contribution in [-0.2, 0) is 9.59 Å². The summed E-state index contributed by atoms with van der Waals surface area (Å²) in [6.07, 6.45) is 1.13. The number of amides is 2. The second kappa shape index (κ2) is 8.14. The third kappa shape index (κ3) is 3.94. The summed E-state index contributed by atoms with van der Waals surface area (Å²) in [5.41, 5.74) is 1.41. The molecule has 0 bridgehead atoms. The van der Waals surface area contributed by atoms with Crippen LogP contribution < -0.4 is 19.7 Å². The quantitative estimate of drug-likeness (QED) is 0.799. The predicted octanol–water partition coefficient (Wildman–Crippen LogP) is 3.70. The third-order valence-electron chi connectivity index (χ3n) is 4.71. The van der Waals surface area contributed by atoms with Gasteiger partial charge in [-0.3, -0.25) is 9.59 Å². The minimum Gasteiger partial charge on any atom is -0.490 e. The van der Waals surface area contributed by atoms with E-state index >= 15 is 0 Å². The average molecular weight is 398 g/mol. The van der Waals surface area contributed by atoms with Gasteiger partial charge in [0.2, 0.25) is 11.8 Å². The molecule has 2 heterocycles. The van der Waals surface area contributed by atoms with Gasteiger partial charge < -0.3 is 19.7 Å². The van der Waals surface area contributed by atoms with Crippen LogP contribution in [0.1, 0.15) is 19.8 Å². The highest BCUT2D eigenvalue weighted by molar-refractivity contribution is 8.00. The first-order valence-corrected chi connectivity index (χ1v) is 10.3. The van der Waals surface area contributed by atoms with Crippen molar-refractivity contribution in [1.82, 2.24) is 0 Å². The van der Waals surface area contributed by atoms with Crippen LogP contribution in [0.3, 0.4) is 0 Å². The van der Waals surface area contributed by atoms with E-state index in [1.54, 1.807) is 4.90 Å². The van der Waals surface area contributed by atoms with Gasteiger partial charge in [-0.1, -0.05) is 12.1 Å². The van der Waals surface area contributed by atoms with E-state index in [1.807, 2.05) is 49.4 Å². The van der Waals surface area contributed by atoms with Crippen molar-refractivity contribution < 1.29 is 19.1 Å². The number of hydrogen-bond acceptors (Lipinski definition) is 5. The summed E-state index contributed by atoms with van der Waals surface area (Å²) in [6.45, 7) is 3.18. The zero-order chi connectivity index (χ0) is 19.5. The molecule has 0 spiro atoms. The van der Waals surface area contributed by atoms with Crippen LogP contribution in [0.15, 0.2) is 47.4 Å². The number of para-hydroxylation sites is 2. The zero-order valence-electron chi connectivity index (χ0n) is 15.6. The van der Waals surface area contributed by atoms with Crippen LogP contribution in [0.5, 0.6) is 11.5 Å². The minimum absolute atomic E-state index is 0.0337. The number of benzene rings is 2. The largest absolute Gasteiger partial charge is 0.490 e. The first kappa shape index (κ1) is 18.7. The summed E-state index contributed by atoms with van der Waals surface area (Å²) >= 11 is 1.45. The third-order valence-corrected chi connectivity index (χ3v) is 5.69. The molecule has 7 heteroatoms. The van der Waals surface area contributed by atoms with E-state index in [4.69, 9.17) is 9.47 Å². The summed E-state index contributed by atoms with van der Waals surface area (Å²) < 4.78 is 11.4. The molecule has 0 saturated heterocycles. The number of carbonyl (C=O) groups excluding carboxylic acids is 2. The highest BCUT2D eigenvalue weighted by atomic mass is 32.2. The number of rotatable bonds is 3. The molecule has 0 aliphatic carbocycles. The Morgan fingerprint density at radius 3 is 2.82 bits per heavy atom. The Morgan fingerprint density at radius 1 is 1.18 bits per heavy atom. The van der Waals surface area contributed by atoms with Gasteiger partial charge >= 0.3 is 0 Å². The van der Waals surface area contributed by atoms with Crippen molar-refractivity contribution in [3.05, 3.63) is 42.5 Å². The van der Waals surface area contributed by atoms with Crippen molar-refractivity contribution in [1.29, 1.82) is 0 Å².